The Morgan fingerprint density at radius 2 is 2.03 bits per heavy atom. The van der Waals surface area contributed by atoms with E-state index in [9.17, 15) is 0 Å². The molecule has 5 heterocycles. The van der Waals surface area contributed by atoms with Crippen LogP contribution in [-0.4, -0.2) is 51.5 Å². The number of nitrogens with zero attached hydrogens (tertiary/aromatic N) is 3. The van der Waals surface area contributed by atoms with Crippen LogP contribution in [0.4, 0.5) is 0 Å². The predicted molar refractivity (Wildman–Crippen MR) is 119 cm³/mol. The molecule has 3 aromatic heterocycles. The SMILES string of the molecule is Cc1nc(-c2ccccc2)sc1-c1nc2nc(OC3CO[C@@H]4CCO[C@H]34)[nH]c2cc1Cl. The number of nitrogens with one attached hydrogen (secondary N) is 1. The molecule has 2 saturated heterocycles. The lowest BCUT2D eigenvalue weighted by atomic mass is 10.1. The molecule has 1 unspecified atom stereocenters. The first kappa shape index (κ1) is 19.2. The molecule has 0 spiro atoms. The van der Waals surface area contributed by atoms with Gasteiger partial charge in [0.05, 0.1) is 33.8 Å². The number of halogens is 1. The smallest absolute Gasteiger partial charge is 0.296 e. The number of aryl methyl sites for hydroxylation is 1. The highest BCUT2D eigenvalue weighted by Gasteiger charge is 2.43. The van der Waals surface area contributed by atoms with Crippen molar-refractivity contribution in [2.75, 3.05) is 13.2 Å². The van der Waals surface area contributed by atoms with Crippen LogP contribution in [0.3, 0.4) is 0 Å². The summed E-state index contributed by atoms with van der Waals surface area (Å²) in [5.74, 6) is 0. The number of pyridine rings is 1. The highest BCUT2D eigenvalue weighted by atomic mass is 35.5. The van der Waals surface area contributed by atoms with Crippen molar-refractivity contribution in [1.82, 2.24) is 19.9 Å². The average molecular weight is 455 g/mol. The van der Waals surface area contributed by atoms with Gasteiger partial charge < -0.3 is 19.2 Å². The molecule has 6 rings (SSSR count). The van der Waals surface area contributed by atoms with Crippen molar-refractivity contribution in [2.45, 2.75) is 31.7 Å². The van der Waals surface area contributed by atoms with Gasteiger partial charge in [0.25, 0.3) is 6.01 Å². The first-order valence-corrected chi connectivity index (χ1v) is 11.3. The monoisotopic (exact) mass is 454 g/mol. The molecule has 158 valence electrons. The second kappa shape index (κ2) is 7.56. The third-order valence-corrected chi connectivity index (χ3v) is 7.12. The van der Waals surface area contributed by atoms with Gasteiger partial charge in [-0.05, 0) is 19.4 Å². The summed E-state index contributed by atoms with van der Waals surface area (Å²) in [6, 6.07) is 12.3. The van der Waals surface area contributed by atoms with Crippen molar-refractivity contribution in [3.8, 4) is 27.2 Å². The van der Waals surface area contributed by atoms with Crippen molar-refractivity contribution in [1.29, 1.82) is 0 Å². The minimum absolute atomic E-state index is 0.0448. The van der Waals surface area contributed by atoms with Crippen molar-refractivity contribution in [3.05, 3.63) is 47.1 Å². The van der Waals surface area contributed by atoms with Crippen LogP contribution >= 0.6 is 22.9 Å². The molecule has 1 N–H and O–H groups in total. The molecule has 2 fully saturated rings. The average Bonchev–Trinajstić information content (AvgIpc) is 3.53. The van der Waals surface area contributed by atoms with Crippen LogP contribution in [0, 0.1) is 6.92 Å². The zero-order valence-electron chi connectivity index (χ0n) is 16.7. The van der Waals surface area contributed by atoms with Gasteiger partial charge in [0.1, 0.15) is 16.8 Å². The zero-order chi connectivity index (χ0) is 20.9. The fraction of sp³-hybridized carbons (Fsp3) is 0.318. The highest BCUT2D eigenvalue weighted by Crippen LogP contribution is 2.38. The second-order valence-corrected chi connectivity index (χ2v) is 9.09. The largest absolute Gasteiger partial charge is 0.456 e. The summed E-state index contributed by atoms with van der Waals surface area (Å²) in [6.45, 7) is 3.17. The van der Waals surface area contributed by atoms with Crippen LogP contribution < -0.4 is 4.74 Å². The summed E-state index contributed by atoms with van der Waals surface area (Å²) >= 11 is 8.18. The van der Waals surface area contributed by atoms with E-state index in [2.05, 4.69) is 9.97 Å². The van der Waals surface area contributed by atoms with Crippen LogP contribution in [0.2, 0.25) is 5.02 Å². The first-order valence-electron chi connectivity index (χ1n) is 10.1. The fourth-order valence-corrected chi connectivity index (χ4v) is 5.48. The lowest BCUT2D eigenvalue weighted by Crippen LogP contribution is -2.32. The third kappa shape index (κ3) is 3.40. The van der Waals surface area contributed by atoms with Crippen LogP contribution in [0.25, 0.3) is 32.3 Å². The molecule has 4 aromatic rings. The summed E-state index contributed by atoms with van der Waals surface area (Å²) in [5, 5.41) is 1.47. The minimum Gasteiger partial charge on any atom is -0.456 e. The summed E-state index contributed by atoms with van der Waals surface area (Å²) in [4.78, 5) is 18.1. The number of fused-ring (bicyclic) bond motifs is 2. The van der Waals surface area contributed by atoms with Crippen LogP contribution in [0.5, 0.6) is 6.01 Å². The van der Waals surface area contributed by atoms with Gasteiger partial charge in [-0.25, -0.2) is 9.97 Å². The molecule has 9 heteroatoms. The lowest BCUT2D eigenvalue weighted by molar-refractivity contribution is 0.0273. The number of aromatic amines is 1. The molecule has 7 nitrogen and oxygen atoms in total. The number of rotatable bonds is 4. The van der Waals surface area contributed by atoms with Crippen LogP contribution in [0.1, 0.15) is 12.1 Å². The standard InChI is InChI=1S/C22H19ClN4O3S/c1-11-19(31-21(24-11)12-5-3-2-4-6-12)17-13(23)9-14-20(26-17)27-22(25-14)30-16-10-29-15-7-8-28-18(15)16/h2-6,9,15-16,18H,7-8,10H2,1H3,(H,25,26,27)/t15-,16?,18+/m1/s1. The number of thiazole rings is 1. The molecule has 0 amide bonds. The van der Waals surface area contributed by atoms with Crippen molar-refractivity contribution >= 4 is 34.1 Å². The zero-order valence-corrected chi connectivity index (χ0v) is 18.2. The minimum atomic E-state index is -0.180. The topological polar surface area (TPSA) is 82.2 Å². The van der Waals surface area contributed by atoms with E-state index in [1.54, 1.807) is 11.3 Å². The number of hydrogen-bond donors (Lipinski definition) is 1. The number of ether oxygens (including phenoxy) is 3. The van der Waals surface area contributed by atoms with E-state index >= 15 is 0 Å². The first-order chi connectivity index (χ1) is 15.2. The quantitative estimate of drug-likeness (QED) is 0.483. The van der Waals surface area contributed by atoms with Gasteiger partial charge in [0.2, 0.25) is 0 Å². The van der Waals surface area contributed by atoms with E-state index in [4.69, 9.17) is 35.8 Å². The molecule has 0 radical (unpaired) electrons. The molecule has 2 aliphatic heterocycles. The summed E-state index contributed by atoms with van der Waals surface area (Å²) in [7, 11) is 0. The Morgan fingerprint density at radius 1 is 1.16 bits per heavy atom. The maximum absolute atomic E-state index is 6.61. The molecule has 0 aliphatic carbocycles. The van der Waals surface area contributed by atoms with Crippen molar-refractivity contribution in [3.63, 3.8) is 0 Å². The van der Waals surface area contributed by atoms with Gasteiger partial charge in [-0.3, -0.25) is 0 Å². The van der Waals surface area contributed by atoms with E-state index < -0.39 is 0 Å². The van der Waals surface area contributed by atoms with Gasteiger partial charge in [-0.1, -0.05) is 41.9 Å². The Morgan fingerprint density at radius 3 is 2.90 bits per heavy atom. The Balaban J connectivity index is 1.32. The number of benzene rings is 1. The lowest BCUT2D eigenvalue weighted by Gasteiger charge is -2.15. The van der Waals surface area contributed by atoms with Gasteiger partial charge in [-0.2, -0.15) is 4.98 Å². The van der Waals surface area contributed by atoms with E-state index in [0.29, 0.717) is 35.6 Å². The molecule has 2 aliphatic rings. The normalized spacial score (nSPS) is 22.8. The molecular formula is C22H19ClN4O3S. The van der Waals surface area contributed by atoms with E-state index in [1.165, 1.54) is 0 Å². The van der Waals surface area contributed by atoms with Crippen LogP contribution in [-0.2, 0) is 9.47 Å². The maximum Gasteiger partial charge on any atom is 0.296 e. The fourth-order valence-electron chi connectivity index (χ4n) is 4.11. The number of hydrogen-bond acceptors (Lipinski definition) is 7. The molecule has 3 atom stereocenters. The van der Waals surface area contributed by atoms with Gasteiger partial charge in [0, 0.05) is 12.2 Å². The number of H-pyrrole nitrogens is 1. The molecule has 0 saturated carbocycles. The predicted octanol–water partition coefficient (Wildman–Crippen LogP) is 4.65. The maximum atomic E-state index is 6.61. The summed E-state index contributed by atoms with van der Waals surface area (Å²) in [6.07, 6.45) is 0.795. The molecule has 0 bridgehead atoms. The highest BCUT2D eigenvalue weighted by molar-refractivity contribution is 7.18. The van der Waals surface area contributed by atoms with Gasteiger partial charge in [0.15, 0.2) is 11.8 Å². The van der Waals surface area contributed by atoms with Crippen molar-refractivity contribution in [2.24, 2.45) is 0 Å². The number of aromatic nitrogens is 4. The van der Waals surface area contributed by atoms with E-state index in [0.717, 1.165) is 33.1 Å². The van der Waals surface area contributed by atoms with Gasteiger partial charge in [-0.15, -0.1) is 11.3 Å². The number of imidazole rings is 1. The van der Waals surface area contributed by atoms with E-state index in [-0.39, 0.29) is 18.3 Å². The molecule has 1 aromatic carbocycles. The Bertz CT molecular complexity index is 1260. The summed E-state index contributed by atoms with van der Waals surface area (Å²) in [5.41, 5.74) is 3.90. The van der Waals surface area contributed by atoms with Crippen LogP contribution in [0.15, 0.2) is 36.4 Å². The van der Waals surface area contributed by atoms with E-state index in [1.807, 2.05) is 43.3 Å². The second-order valence-electron chi connectivity index (χ2n) is 7.68. The summed E-state index contributed by atoms with van der Waals surface area (Å²) < 4.78 is 17.5. The Labute approximate surface area is 187 Å². The molecular weight excluding hydrogens is 436 g/mol. The Hall–Kier alpha value is -2.52. The van der Waals surface area contributed by atoms with Crippen molar-refractivity contribution < 1.29 is 14.2 Å². The molecule has 31 heavy (non-hydrogen) atoms. The third-order valence-electron chi connectivity index (χ3n) is 5.62. The van der Waals surface area contributed by atoms with Gasteiger partial charge >= 0.3 is 0 Å². The Kier molecular flexibility index (Phi) is 4.68.